The molecule has 31 heavy (non-hydrogen) atoms. The number of alkyl halides is 3. The second kappa shape index (κ2) is 8.91. The number of halogens is 3. The Morgan fingerprint density at radius 3 is 2.45 bits per heavy atom. The van der Waals surface area contributed by atoms with Gasteiger partial charge >= 0.3 is 6.18 Å². The van der Waals surface area contributed by atoms with Gasteiger partial charge in [0.25, 0.3) is 0 Å². The lowest BCUT2D eigenvalue weighted by atomic mass is 10.2. The van der Waals surface area contributed by atoms with Gasteiger partial charge in [-0.05, 0) is 48.9 Å². The number of amides is 2. The molecule has 1 aliphatic rings. The lowest BCUT2D eigenvalue weighted by molar-refractivity contribution is -0.137. The van der Waals surface area contributed by atoms with E-state index < -0.39 is 33.2 Å². The lowest BCUT2D eigenvalue weighted by Gasteiger charge is -2.23. The van der Waals surface area contributed by atoms with Crippen molar-refractivity contribution in [3.05, 3.63) is 48.0 Å². The van der Waals surface area contributed by atoms with Crippen LogP contribution in [0.25, 0.3) is 0 Å². The van der Waals surface area contributed by atoms with E-state index in [1.807, 2.05) is 6.92 Å². The Morgan fingerprint density at radius 2 is 1.84 bits per heavy atom. The molecule has 1 atom stereocenters. The quantitative estimate of drug-likeness (QED) is 0.653. The molecule has 2 N–H and O–H groups in total. The van der Waals surface area contributed by atoms with Gasteiger partial charge in [0.1, 0.15) is 0 Å². The van der Waals surface area contributed by atoms with E-state index in [2.05, 4.69) is 10.6 Å². The SMILES string of the molecule is CC[C@@H]1Sc2ccc(S(=O)(=O)CCC(=O)Nc3ccc(C(F)(F)F)cc3)cc2NC1=O. The molecule has 11 heteroatoms. The molecule has 0 saturated carbocycles. The first-order valence-corrected chi connectivity index (χ1v) is 11.8. The number of benzene rings is 2. The van der Waals surface area contributed by atoms with Crippen LogP contribution in [0.5, 0.6) is 0 Å². The van der Waals surface area contributed by atoms with E-state index in [9.17, 15) is 31.2 Å². The fraction of sp³-hybridized carbons (Fsp3) is 0.300. The van der Waals surface area contributed by atoms with Crippen molar-refractivity contribution in [1.82, 2.24) is 0 Å². The van der Waals surface area contributed by atoms with Crippen LogP contribution in [0.1, 0.15) is 25.3 Å². The predicted octanol–water partition coefficient (Wildman–Crippen LogP) is 4.33. The van der Waals surface area contributed by atoms with E-state index in [1.165, 1.54) is 23.9 Å². The number of carbonyl (C=O) groups is 2. The third kappa shape index (κ3) is 5.59. The van der Waals surface area contributed by atoms with Crippen LogP contribution in [-0.4, -0.2) is 31.2 Å². The van der Waals surface area contributed by atoms with E-state index in [-0.39, 0.29) is 28.2 Å². The van der Waals surface area contributed by atoms with E-state index in [1.54, 1.807) is 6.07 Å². The van der Waals surface area contributed by atoms with Crippen LogP contribution < -0.4 is 10.6 Å². The number of hydrogen-bond donors (Lipinski definition) is 2. The molecular weight excluding hydrogens is 453 g/mol. The maximum Gasteiger partial charge on any atom is 0.416 e. The summed E-state index contributed by atoms with van der Waals surface area (Å²) in [6, 6.07) is 8.28. The van der Waals surface area contributed by atoms with Crippen molar-refractivity contribution >= 4 is 44.8 Å². The van der Waals surface area contributed by atoms with Gasteiger partial charge in [0.2, 0.25) is 11.8 Å². The third-order valence-electron chi connectivity index (χ3n) is 4.59. The molecule has 2 amide bonds. The fourth-order valence-corrected chi connectivity index (χ4v) is 5.19. The molecule has 166 valence electrons. The molecule has 0 bridgehead atoms. The van der Waals surface area contributed by atoms with Gasteiger partial charge in [0.15, 0.2) is 9.84 Å². The zero-order valence-electron chi connectivity index (χ0n) is 16.3. The standard InChI is InChI=1S/C20H19F3N2O4S2/c1-2-16-19(27)25-15-11-14(7-8-17(15)30-16)31(28,29)10-9-18(26)24-13-5-3-12(4-6-13)20(21,22)23/h3-8,11,16H,2,9-10H2,1H3,(H,24,26)(H,25,27)/t16-/m0/s1. The molecular formula is C20H19F3N2O4S2. The number of anilines is 2. The summed E-state index contributed by atoms with van der Waals surface area (Å²) in [7, 11) is -3.81. The number of carbonyl (C=O) groups excluding carboxylic acids is 2. The molecule has 0 saturated heterocycles. The van der Waals surface area contributed by atoms with Crippen LogP contribution in [0.4, 0.5) is 24.5 Å². The van der Waals surface area contributed by atoms with E-state index in [0.717, 1.165) is 29.2 Å². The summed E-state index contributed by atoms with van der Waals surface area (Å²) in [5.41, 5.74) is -0.305. The third-order valence-corrected chi connectivity index (χ3v) is 7.75. The topological polar surface area (TPSA) is 92.3 Å². The number of rotatable bonds is 6. The molecule has 1 heterocycles. The molecule has 6 nitrogen and oxygen atoms in total. The van der Waals surface area contributed by atoms with Crippen LogP contribution in [0.3, 0.4) is 0 Å². The highest BCUT2D eigenvalue weighted by atomic mass is 32.2. The van der Waals surface area contributed by atoms with Crippen molar-refractivity contribution in [2.24, 2.45) is 0 Å². The van der Waals surface area contributed by atoms with Gasteiger partial charge in [0, 0.05) is 17.0 Å². The normalized spacial score (nSPS) is 16.4. The smallest absolute Gasteiger partial charge is 0.326 e. The van der Waals surface area contributed by atoms with E-state index >= 15 is 0 Å². The number of nitrogens with one attached hydrogen (secondary N) is 2. The van der Waals surface area contributed by atoms with Gasteiger partial charge in [-0.15, -0.1) is 11.8 Å². The fourth-order valence-electron chi connectivity index (χ4n) is 2.90. The van der Waals surface area contributed by atoms with Crippen LogP contribution in [0, 0.1) is 0 Å². The molecule has 0 fully saturated rings. The van der Waals surface area contributed by atoms with Crippen molar-refractivity contribution in [2.45, 2.75) is 41.0 Å². The molecule has 2 aromatic carbocycles. The summed E-state index contributed by atoms with van der Waals surface area (Å²) in [6.45, 7) is 1.89. The van der Waals surface area contributed by atoms with Crippen LogP contribution in [0.15, 0.2) is 52.3 Å². The first-order valence-electron chi connectivity index (χ1n) is 9.31. The largest absolute Gasteiger partial charge is 0.416 e. The van der Waals surface area contributed by atoms with Gasteiger partial charge in [-0.25, -0.2) is 8.42 Å². The molecule has 0 spiro atoms. The monoisotopic (exact) mass is 472 g/mol. The zero-order valence-corrected chi connectivity index (χ0v) is 18.0. The average molecular weight is 473 g/mol. The molecule has 0 aliphatic carbocycles. The maximum atomic E-state index is 12.6. The molecule has 1 aliphatic heterocycles. The Morgan fingerprint density at radius 1 is 1.16 bits per heavy atom. The van der Waals surface area contributed by atoms with Crippen LogP contribution >= 0.6 is 11.8 Å². The highest BCUT2D eigenvalue weighted by Crippen LogP contribution is 2.38. The summed E-state index contributed by atoms with van der Waals surface area (Å²) in [4.78, 5) is 24.8. The van der Waals surface area contributed by atoms with Crippen LogP contribution in [-0.2, 0) is 25.6 Å². The minimum atomic E-state index is -4.49. The molecule has 2 aromatic rings. The number of sulfone groups is 1. The van der Waals surface area contributed by atoms with Gasteiger partial charge < -0.3 is 10.6 Å². The summed E-state index contributed by atoms with van der Waals surface area (Å²) >= 11 is 1.36. The molecule has 0 aromatic heterocycles. The second-order valence-electron chi connectivity index (χ2n) is 6.85. The summed E-state index contributed by atoms with van der Waals surface area (Å²) < 4.78 is 63.0. The van der Waals surface area contributed by atoms with Gasteiger partial charge in [-0.1, -0.05) is 6.92 Å². The number of hydrogen-bond acceptors (Lipinski definition) is 5. The van der Waals surface area contributed by atoms with Crippen LogP contribution in [0.2, 0.25) is 0 Å². The Kier molecular flexibility index (Phi) is 6.65. The van der Waals surface area contributed by atoms with E-state index in [4.69, 9.17) is 0 Å². The van der Waals surface area contributed by atoms with Gasteiger partial charge in [-0.2, -0.15) is 13.2 Å². The Balaban J connectivity index is 1.63. The van der Waals surface area contributed by atoms with Gasteiger partial charge in [0.05, 0.1) is 27.1 Å². The van der Waals surface area contributed by atoms with Crippen molar-refractivity contribution in [2.75, 3.05) is 16.4 Å². The Hall–Kier alpha value is -2.53. The summed E-state index contributed by atoms with van der Waals surface area (Å²) in [6.07, 6.45) is -4.22. The molecule has 0 radical (unpaired) electrons. The highest BCUT2D eigenvalue weighted by molar-refractivity contribution is 8.01. The highest BCUT2D eigenvalue weighted by Gasteiger charge is 2.30. The van der Waals surface area contributed by atoms with Crippen molar-refractivity contribution in [1.29, 1.82) is 0 Å². The van der Waals surface area contributed by atoms with Crippen molar-refractivity contribution in [3.8, 4) is 0 Å². The van der Waals surface area contributed by atoms with Crippen molar-refractivity contribution in [3.63, 3.8) is 0 Å². The van der Waals surface area contributed by atoms with E-state index in [0.29, 0.717) is 12.1 Å². The minimum Gasteiger partial charge on any atom is -0.326 e. The Bertz CT molecular complexity index is 1100. The zero-order chi connectivity index (χ0) is 22.8. The summed E-state index contributed by atoms with van der Waals surface area (Å²) in [5, 5.41) is 4.85. The average Bonchev–Trinajstić information content (AvgIpc) is 2.71. The number of fused-ring (bicyclic) bond motifs is 1. The molecule has 3 rings (SSSR count). The number of thioether (sulfide) groups is 1. The second-order valence-corrected chi connectivity index (χ2v) is 10.2. The lowest BCUT2D eigenvalue weighted by Crippen LogP contribution is -2.28. The first-order chi connectivity index (χ1) is 14.5. The minimum absolute atomic E-state index is 0.0237. The van der Waals surface area contributed by atoms with Crippen molar-refractivity contribution < 1.29 is 31.2 Å². The Labute approximate surface area is 181 Å². The maximum absolute atomic E-state index is 12.6. The summed E-state index contributed by atoms with van der Waals surface area (Å²) in [5.74, 6) is -1.32. The molecule has 0 unspecified atom stereocenters. The first kappa shape index (κ1) is 23.1. The predicted molar refractivity (Wildman–Crippen MR) is 112 cm³/mol. The van der Waals surface area contributed by atoms with Gasteiger partial charge in [-0.3, -0.25) is 9.59 Å².